The van der Waals surface area contributed by atoms with E-state index in [0.29, 0.717) is 24.0 Å². The van der Waals surface area contributed by atoms with Crippen LogP contribution in [-0.2, 0) is 27.4 Å². The first-order chi connectivity index (χ1) is 17.3. The molecule has 1 fully saturated rings. The van der Waals surface area contributed by atoms with Crippen LogP contribution in [0.5, 0.6) is 0 Å². The van der Waals surface area contributed by atoms with E-state index in [-0.39, 0.29) is 29.0 Å². The van der Waals surface area contributed by atoms with Crippen molar-refractivity contribution in [3.63, 3.8) is 0 Å². The van der Waals surface area contributed by atoms with Crippen molar-refractivity contribution < 1.29 is 24.2 Å². The summed E-state index contributed by atoms with van der Waals surface area (Å²) >= 11 is 6.94. The Morgan fingerprint density at radius 2 is 1.97 bits per heavy atom. The Morgan fingerprint density at radius 1 is 1.24 bits per heavy atom. The van der Waals surface area contributed by atoms with Gasteiger partial charge in [0.15, 0.2) is 0 Å². The second-order valence-corrected chi connectivity index (χ2v) is 16.0. The Labute approximate surface area is 233 Å². The SMILES string of the molecule is CC(C)c1cnc([AsH]C(C(=O)N2C[C@H](OC(=O)N3Cc4cccc(Cl)c4C3)C[C@H]2C(=O)O)C(C)(C)C)s1. The van der Waals surface area contributed by atoms with E-state index in [1.165, 1.54) is 9.78 Å². The summed E-state index contributed by atoms with van der Waals surface area (Å²) in [6, 6.07) is 4.53. The van der Waals surface area contributed by atoms with Crippen molar-refractivity contribution in [2.24, 2.45) is 5.41 Å². The number of carboxylic acids is 1. The van der Waals surface area contributed by atoms with Gasteiger partial charge in [0.25, 0.3) is 0 Å². The van der Waals surface area contributed by atoms with Gasteiger partial charge in [-0.1, -0.05) is 0 Å². The molecule has 8 nitrogen and oxygen atoms in total. The molecule has 0 spiro atoms. The van der Waals surface area contributed by atoms with E-state index >= 15 is 0 Å². The molecule has 1 aromatic heterocycles. The predicted octanol–water partition coefficient (Wildman–Crippen LogP) is 4.02. The number of amides is 2. The zero-order valence-electron chi connectivity index (χ0n) is 21.7. The predicted molar refractivity (Wildman–Crippen MR) is 145 cm³/mol. The molecule has 3 heterocycles. The van der Waals surface area contributed by atoms with Gasteiger partial charge in [0.05, 0.1) is 0 Å². The van der Waals surface area contributed by atoms with Crippen LogP contribution in [0, 0.1) is 5.41 Å². The van der Waals surface area contributed by atoms with E-state index in [4.69, 9.17) is 16.3 Å². The number of hydrogen-bond donors (Lipinski definition) is 1. The molecule has 1 N–H and O–H groups in total. The monoisotopic (exact) mass is 609 g/mol. The Morgan fingerprint density at radius 3 is 2.57 bits per heavy atom. The van der Waals surface area contributed by atoms with Gasteiger partial charge in [0.1, 0.15) is 0 Å². The molecule has 2 amide bonds. The van der Waals surface area contributed by atoms with E-state index in [0.717, 1.165) is 14.9 Å². The Kier molecular flexibility index (Phi) is 8.27. The summed E-state index contributed by atoms with van der Waals surface area (Å²) < 4.78 is 6.37. The number of rotatable bonds is 6. The standard InChI is InChI=1S/C26H33AsClN3O5S/c1-14(2)20-10-29-24(37-20)27-21(26(3,4)5)22(32)31-12-16(9-19(31)23(33)34)36-25(35)30-11-15-7-6-8-18(28)17(15)13-30/h6-8,10,14,16,19,21,27H,9,11-13H2,1-5H3,(H,33,34)/t16-,19+,21?/m1/s1. The summed E-state index contributed by atoms with van der Waals surface area (Å²) in [5.74, 6) is -0.914. The van der Waals surface area contributed by atoms with E-state index in [9.17, 15) is 19.5 Å². The number of nitrogens with zero attached hydrogens (tertiary/aromatic N) is 3. The van der Waals surface area contributed by atoms with Gasteiger partial charge in [-0.15, -0.1) is 0 Å². The molecule has 2 aliphatic rings. The van der Waals surface area contributed by atoms with Crippen LogP contribution in [0.3, 0.4) is 0 Å². The normalized spacial score (nSPS) is 20.6. The van der Waals surface area contributed by atoms with Crippen molar-refractivity contribution in [1.82, 2.24) is 14.8 Å². The second-order valence-electron chi connectivity index (χ2n) is 11.0. The molecule has 0 bridgehead atoms. The summed E-state index contributed by atoms with van der Waals surface area (Å²) in [5, 5.41) is 10.5. The number of hydrogen-bond acceptors (Lipinski definition) is 6. The fourth-order valence-electron chi connectivity index (χ4n) is 4.65. The maximum absolute atomic E-state index is 13.8. The third kappa shape index (κ3) is 6.15. The van der Waals surface area contributed by atoms with E-state index < -0.39 is 40.0 Å². The van der Waals surface area contributed by atoms with Gasteiger partial charge in [-0.05, 0) is 0 Å². The summed E-state index contributed by atoms with van der Waals surface area (Å²) in [7, 11) is 0. The van der Waals surface area contributed by atoms with E-state index in [1.54, 1.807) is 22.3 Å². The molecule has 2 aliphatic heterocycles. The summed E-state index contributed by atoms with van der Waals surface area (Å²) in [5.41, 5.74) is 1.50. The van der Waals surface area contributed by atoms with Crippen molar-refractivity contribution >= 4 is 60.5 Å². The Bertz CT molecular complexity index is 1200. The number of carbonyl (C=O) groups is 3. The molecule has 200 valence electrons. The molecule has 1 aromatic carbocycles. The van der Waals surface area contributed by atoms with Crippen LogP contribution in [0.15, 0.2) is 24.4 Å². The molecule has 1 saturated heterocycles. The molecule has 0 saturated carbocycles. The first kappa shape index (κ1) is 27.9. The minimum atomic E-state index is -1.09. The van der Waals surface area contributed by atoms with Gasteiger partial charge in [0, 0.05) is 0 Å². The van der Waals surface area contributed by atoms with Crippen molar-refractivity contribution in [1.29, 1.82) is 0 Å². The van der Waals surface area contributed by atoms with Crippen LogP contribution in [0.4, 0.5) is 4.79 Å². The number of benzene rings is 1. The maximum atomic E-state index is 13.8. The molecule has 2 unspecified atom stereocenters. The quantitative estimate of drug-likeness (QED) is 0.497. The number of fused-ring (bicyclic) bond motifs is 1. The number of ether oxygens (including phenoxy) is 1. The molecule has 4 rings (SSSR count). The third-order valence-electron chi connectivity index (χ3n) is 6.76. The minimum absolute atomic E-state index is 0.0664. The Balaban J connectivity index is 1.46. The van der Waals surface area contributed by atoms with Crippen LogP contribution in [0.2, 0.25) is 9.73 Å². The van der Waals surface area contributed by atoms with Gasteiger partial charge in [-0.25, -0.2) is 0 Å². The molecule has 2 aromatic rings. The average Bonchev–Trinajstić information content (AvgIpc) is 3.54. The molecular weight excluding hydrogens is 577 g/mol. The average molecular weight is 610 g/mol. The van der Waals surface area contributed by atoms with Crippen LogP contribution in [0.1, 0.15) is 63.0 Å². The number of halogens is 1. The van der Waals surface area contributed by atoms with Crippen molar-refractivity contribution in [2.75, 3.05) is 6.54 Å². The summed E-state index contributed by atoms with van der Waals surface area (Å²) in [4.78, 5) is 47.6. The number of likely N-dealkylation sites (tertiary alicyclic amines) is 1. The fourth-order valence-corrected chi connectivity index (χ4v) is 9.68. The second kappa shape index (κ2) is 11.0. The van der Waals surface area contributed by atoms with E-state index in [1.807, 2.05) is 39.1 Å². The molecular formula is C26H33AsClN3O5S. The van der Waals surface area contributed by atoms with Gasteiger partial charge >= 0.3 is 234 Å². The van der Waals surface area contributed by atoms with Crippen molar-refractivity contribution in [3.05, 3.63) is 45.4 Å². The van der Waals surface area contributed by atoms with Crippen LogP contribution in [0.25, 0.3) is 0 Å². The van der Waals surface area contributed by atoms with Crippen LogP contribution in [-0.4, -0.2) is 72.3 Å². The molecule has 4 atom stereocenters. The van der Waals surface area contributed by atoms with Crippen molar-refractivity contribution in [2.45, 2.75) is 76.9 Å². The van der Waals surface area contributed by atoms with Gasteiger partial charge in [-0.3, -0.25) is 0 Å². The van der Waals surface area contributed by atoms with Crippen molar-refractivity contribution in [3.8, 4) is 0 Å². The first-order valence-corrected chi connectivity index (χ1v) is 15.8. The van der Waals surface area contributed by atoms with Crippen LogP contribution < -0.4 is 3.80 Å². The van der Waals surface area contributed by atoms with Gasteiger partial charge in [0.2, 0.25) is 0 Å². The third-order valence-corrected chi connectivity index (χ3v) is 13.2. The van der Waals surface area contributed by atoms with E-state index in [2.05, 4.69) is 18.8 Å². The number of carboxylic acid groups (broad SMARTS) is 1. The molecule has 0 radical (unpaired) electrons. The molecule has 11 heteroatoms. The number of aliphatic carboxylic acids is 1. The summed E-state index contributed by atoms with van der Waals surface area (Å²) in [6.45, 7) is 11.0. The molecule has 0 aliphatic carbocycles. The topological polar surface area (TPSA) is 100 Å². The first-order valence-electron chi connectivity index (χ1n) is 12.3. The van der Waals surface area contributed by atoms with Gasteiger partial charge in [-0.2, -0.15) is 0 Å². The fraction of sp³-hybridized carbons (Fsp3) is 0.538. The number of carbonyl (C=O) groups excluding carboxylic acids is 2. The zero-order valence-corrected chi connectivity index (χ0v) is 25.3. The van der Waals surface area contributed by atoms with Gasteiger partial charge < -0.3 is 0 Å². The number of aromatic nitrogens is 1. The summed E-state index contributed by atoms with van der Waals surface area (Å²) in [6.07, 6.45) is 0.735. The van der Waals surface area contributed by atoms with Crippen LogP contribution >= 0.6 is 22.9 Å². The molecule has 37 heavy (non-hydrogen) atoms. The number of thiazole rings is 1. The Hall–Kier alpha value is -2.09. The zero-order chi connectivity index (χ0) is 27.1.